The molecule has 0 N–H and O–H groups in total. The molecular formula is C13H6F3N. The first kappa shape index (κ1) is 11.2. The van der Waals surface area contributed by atoms with Gasteiger partial charge in [-0.25, -0.2) is 13.2 Å². The predicted molar refractivity (Wildman–Crippen MR) is 56.5 cm³/mol. The summed E-state index contributed by atoms with van der Waals surface area (Å²) in [4.78, 5) is 0. The van der Waals surface area contributed by atoms with Crippen LogP contribution in [-0.2, 0) is 0 Å². The maximum Gasteiger partial charge on any atom is 0.195 e. The van der Waals surface area contributed by atoms with E-state index in [-0.39, 0.29) is 5.56 Å². The number of halogens is 3. The molecule has 1 nitrogen and oxygen atoms in total. The zero-order valence-corrected chi connectivity index (χ0v) is 8.55. The molecular weight excluding hydrogens is 227 g/mol. The van der Waals surface area contributed by atoms with Gasteiger partial charge in [0.05, 0.1) is 5.56 Å². The fourth-order valence-electron chi connectivity index (χ4n) is 1.55. The number of hydrogen-bond donors (Lipinski definition) is 0. The van der Waals surface area contributed by atoms with Gasteiger partial charge in [0, 0.05) is 5.56 Å². The van der Waals surface area contributed by atoms with Gasteiger partial charge in [0.1, 0.15) is 6.07 Å². The van der Waals surface area contributed by atoms with Crippen LogP contribution in [0, 0.1) is 28.8 Å². The molecule has 0 spiro atoms. The van der Waals surface area contributed by atoms with E-state index < -0.39 is 23.0 Å². The highest BCUT2D eigenvalue weighted by molar-refractivity contribution is 5.70. The summed E-state index contributed by atoms with van der Waals surface area (Å²) in [6, 6.07) is 10.6. The zero-order chi connectivity index (χ0) is 12.4. The highest BCUT2D eigenvalue weighted by Gasteiger charge is 2.19. The van der Waals surface area contributed by atoms with E-state index in [1.807, 2.05) is 0 Å². The standard InChI is InChI=1S/C13H6F3N/c14-11-6-9(8-4-2-1-3-5-8)10(7-17)12(15)13(11)16/h1-6H. The molecule has 0 saturated carbocycles. The number of benzene rings is 2. The fourth-order valence-corrected chi connectivity index (χ4v) is 1.55. The Morgan fingerprint density at radius 2 is 1.59 bits per heavy atom. The molecule has 0 bridgehead atoms. The molecule has 0 unspecified atom stereocenters. The van der Waals surface area contributed by atoms with Crippen molar-refractivity contribution in [2.24, 2.45) is 0 Å². The number of rotatable bonds is 1. The Morgan fingerprint density at radius 3 is 2.18 bits per heavy atom. The van der Waals surface area contributed by atoms with Crippen molar-refractivity contribution in [3.63, 3.8) is 0 Å². The topological polar surface area (TPSA) is 23.8 Å². The first-order valence-corrected chi connectivity index (χ1v) is 4.78. The van der Waals surface area contributed by atoms with Gasteiger partial charge in [0.25, 0.3) is 0 Å². The highest BCUT2D eigenvalue weighted by Crippen LogP contribution is 2.28. The van der Waals surface area contributed by atoms with E-state index in [2.05, 4.69) is 0 Å². The van der Waals surface area contributed by atoms with Crippen LogP contribution >= 0.6 is 0 Å². The second-order valence-electron chi connectivity index (χ2n) is 3.39. The Bertz CT molecular complexity index is 600. The summed E-state index contributed by atoms with van der Waals surface area (Å²) in [7, 11) is 0. The minimum absolute atomic E-state index is 0.0458. The maximum absolute atomic E-state index is 13.4. The van der Waals surface area contributed by atoms with Gasteiger partial charge in [-0.05, 0) is 11.6 Å². The summed E-state index contributed by atoms with van der Waals surface area (Å²) in [6.07, 6.45) is 0. The van der Waals surface area contributed by atoms with Crippen molar-refractivity contribution in [1.82, 2.24) is 0 Å². The van der Waals surface area contributed by atoms with Crippen molar-refractivity contribution in [2.45, 2.75) is 0 Å². The van der Waals surface area contributed by atoms with Gasteiger partial charge in [0.15, 0.2) is 17.5 Å². The second kappa shape index (κ2) is 4.30. The summed E-state index contributed by atoms with van der Waals surface area (Å²) in [5.41, 5.74) is 0.0152. The van der Waals surface area contributed by atoms with Gasteiger partial charge in [-0.2, -0.15) is 5.26 Å². The molecule has 0 aromatic heterocycles. The first-order valence-electron chi connectivity index (χ1n) is 4.78. The lowest BCUT2D eigenvalue weighted by atomic mass is 9.99. The monoisotopic (exact) mass is 233 g/mol. The van der Waals surface area contributed by atoms with Crippen molar-refractivity contribution in [3.05, 3.63) is 59.4 Å². The van der Waals surface area contributed by atoms with Crippen LogP contribution in [-0.4, -0.2) is 0 Å². The zero-order valence-electron chi connectivity index (χ0n) is 8.55. The third-order valence-corrected chi connectivity index (χ3v) is 2.36. The normalized spacial score (nSPS) is 10.0. The summed E-state index contributed by atoms with van der Waals surface area (Å²) in [6.45, 7) is 0. The summed E-state index contributed by atoms with van der Waals surface area (Å²) in [5.74, 6) is -4.38. The SMILES string of the molecule is N#Cc1c(-c2ccccc2)cc(F)c(F)c1F. The van der Waals surface area contributed by atoms with Crippen molar-refractivity contribution in [2.75, 3.05) is 0 Å². The Balaban J connectivity index is 2.76. The van der Waals surface area contributed by atoms with E-state index in [1.54, 1.807) is 36.4 Å². The van der Waals surface area contributed by atoms with Crippen molar-refractivity contribution < 1.29 is 13.2 Å². The van der Waals surface area contributed by atoms with Crippen LogP contribution < -0.4 is 0 Å². The van der Waals surface area contributed by atoms with Crippen LogP contribution in [0.1, 0.15) is 5.56 Å². The Hall–Kier alpha value is -2.28. The molecule has 2 aromatic rings. The number of nitriles is 1. The predicted octanol–water partition coefficient (Wildman–Crippen LogP) is 3.64. The molecule has 0 aliphatic rings. The molecule has 17 heavy (non-hydrogen) atoms. The van der Waals surface area contributed by atoms with Crippen molar-refractivity contribution in [3.8, 4) is 17.2 Å². The summed E-state index contributed by atoms with van der Waals surface area (Å²) < 4.78 is 39.5. The highest BCUT2D eigenvalue weighted by atomic mass is 19.2. The van der Waals surface area contributed by atoms with Crippen LogP contribution in [0.5, 0.6) is 0 Å². The molecule has 0 radical (unpaired) electrons. The van der Waals surface area contributed by atoms with Crippen molar-refractivity contribution in [1.29, 1.82) is 5.26 Å². The third kappa shape index (κ3) is 1.87. The molecule has 2 aromatic carbocycles. The molecule has 0 heterocycles. The smallest absolute Gasteiger partial charge is 0.195 e. The Labute approximate surface area is 95.7 Å². The average Bonchev–Trinajstić information content (AvgIpc) is 2.36. The van der Waals surface area contributed by atoms with Gasteiger partial charge in [-0.15, -0.1) is 0 Å². The van der Waals surface area contributed by atoms with Crippen LogP contribution in [0.4, 0.5) is 13.2 Å². The molecule has 0 aliphatic carbocycles. The molecule has 84 valence electrons. The first-order chi connectivity index (χ1) is 8.15. The lowest BCUT2D eigenvalue weighted by molar-refractivity contribution is 0.446. The van der Waals surface area contributed by atoms with Crippen LogP contribution in [0.3, 0.4) is 0 Å². The van der Waals surface area contributed by atoms with E-state index >= 15 is 0 Å². The molecule has 0 saturated heterocycles. The minimum atomic E-state index is -1.62. The average molecular weight is 233 g/mol. The lowest BCUT2D eigenvalue weighted by Crippen LogP contribution is -1.98. The molecule has 0 aliphatic heterocycles. The molecule has 2 rings (SSSR count). The molecule has 4 heteroatoms. The fraction of sp³-hybridized carbons (Fsp3) is 0. The van der Waals surface area contributed by atoms with Gasteiger partial charge in [-0.3, -0.25) is 0 Å². The van der Waals surface area contributed by atoms with E-state index in [9.17, 15) is 13.2 Å². The quantitative estimate of drug-likeness (QED) is 0.690. The molecule has 0 fully saturated rings. The largest absolute Gasteiger partial charge is 0.204 e. The second-order valence-corrected chi connectivity index (χ2v) is 3.39. The summed E-state index contributed by atoms with van der Waals surface area (Å²) >= 11 is 0. The molecule has 0 amide bonds. The van der Waals surface area contributed by atoms with Gasteiger partial charge in [0.2, 0.25) is 0 Å². The lowest BCUT2D eigenvalue weighted by Gasteiger charge is -2.06. The maximum atomic E-state index is 13.4. The van der Waals surface area contributed by atoms with E-state index in [4.69, 9.17) is 5.26 Å². The van der Waals surface area contributed by atoms with Crippen molar-refractivity contribution >= 4 is 0 Å². The van der Waals surface area contributed by atoms with Crippen LogP contribution in [0.25, 0.3) is 11.1 Å². The van der Waals surface area contributed by atoms with E-state index in [0.29, 0.717) is 5.56 Å². The van der Waals surface area contributed by atoms with E-state index in [0.717, 1.165) is 6.07 Å². The van der Waals surface area contributed by atoms with Crippen LogP contribution in [0.2, 0.25) is 0 Å². The van der Waals surface area contributed by atoms with Gasteiger partial charge >= 0.3 is 0 Å². The van der Waals surface area contributed by atoms with E-state index in [1.165, 1.54) is 0 Å². The Kier molecular flexibility index (Phi) is 2.84. The number of hydrogen-bond acceptors (Lipinski definition) is 1. The molecule has 0 atom stereocenters. The minimum Gasteiger partial charge on any atom is -0.204 e. The summed E-state index contributed by atoms with van der Waals surface area (Å²) in [5, 5.41) is 8.80. The van der Waals surface area contributed by atoms with Gasteiger partial charge < -0.3 is 0 Å². The third-order valence-electron chi connectivity index (χ3n) is 2.36. The van der Waals surface area contributed by atoms with Gasteiger partial charge in [-0.1, -0.05) is 30.3 Å². The number of nitrogens with zero attached hydrogens (tertiary/aromatic N) is 1. The van der Waals surface area contributed by atoms with Crippen LogP contribution in [0.15, 0.2) is 36.4 Å². The Morgan fingerprint density at radius 1 is 0.941 bits per heavy atom.